The minimum absolute atomic E-state index is 0.0569. The van der Waals surface area contributed by atoms with Gasteiger partial charge >= 0.3 is 0 Å². The van der Waals surface area contributed by atoms with Crippen molar-refractivity contribution in [1.29, 1.82) is 0 Å². The van der Waals surface area contributed by atoms with Crippen LogP contribution in [0, 0.1) is 0 Å². The van der Waals surface area contributed by atoms with Crippen LogP contribution in [0.15, 0.2) is 30.3 Å². The molecule has 1 aliphatic carbocycles. The maximum absolute atomic E-state index is 12.8. The molecule has 2 aliphatic rings. The van der Waals surface area contributed by atoms with Gasteiger partial charge in [0.1, 0.15) is 0 Å². The van der Waals surface area contributed by atoms with Gasteiger partial charge in [-0.1, -0.05) is 36.8 Å². The van der Waals surface area contributed by atoms with E-state index in [1.807, 2.05) is 49.1 Å². The van der Waals surface area contributed by atoms with Gasteiger partial charge in [0.05, 0.1) is 17.6 Å². The summed E-state index contributed by atoms with van der Waals surface area (Å²) in [5.41, 5.74) is 0.688. The summed E-state index contributed by atoms with van der Waals surface area (Å²) in [4.78, 5) is 27.0. The van der Waals surface area contributed by atoms with Crippen LogP contribution >= 0.6 is 0 Å². The zero-order chi connectivity index (χ0) is 17.9. The van der Waals surface area contributed by atoms with Crippen molar-refractivity contribution < 1.29 is 14.3 Å². The number of nitrogens with one attached hydrogen (secondary N) is 1. The first-order valence-electron chi connectivity index (χ1n) is 9.28. The summed E-state index contributed by atoms with van der Waals surface area (Å²) in [6.45, 7) is 5.62. The number of morpholine rings is 1. The molecule has 1 aliphatic heterocycles. The van der Waals surface area contributed by atoms with Crippen LogP contribution in [0.5, 0.6) is 0 Å². The molecule has 1 heterocycles. The first-order chi connectivity index (χ1) is 12.0. The van der Waals surface area contributed by atoms with Crippen molar-refractivity contribution in [3.05, 3.63) is 35.9 Å². The Labute approximate surface area is 149 Å². The van der Waals surface area contributed by atoms with Crippen LogP contribution in [-0.2, 0) is 19.7 Å². The van der Waals surface area contributed by atoms with Gasteiger partial charge in [-0.15, -0.1) is 0 Å². The Balaban J connectivity index is 1.51. The fraction of sp³-hybridized carbons (Fsp3) is 0.600. The smallest absolute Gasteiger partial charge is 0.230 e. The summed E-state index contributed by atoms with van der Waals surface area (Å²) >= 11 is 0. The van der Waals surface area contributed by atoms with Crippen LogP contribution in [0.1, 0.15) is 45.1 Å². The summed E-state index contributed by atoms with van der Waals surface area (Å²) in [5, 5.41) is 3.00. The molecule has 1 aromatic rings. The molecule has 0 unspecified atom stereocenters. The first kappa shape index (κ1) is 17.9. The van der Waals surface area contributed by atoms with Gasteiger partial charge in [0, 0.05) is 26.1 Å². The van der Waals surface area contributed by atoms with Gasteiger partial charge in [0.15, 0.2) is 0 Å². The highest BCUT2D eigenvalue weighted by Gasteiger charge is 2.45. The molecule has 2 atom stereocenters. The van der Waals surface area contributed by atoms with E-state index in [9.17, 15) is 9.59 Å². The van der Waals surface area contributed by atoms with E-state index in [1.54, 1.807) is 0 Å². The lowest BCUT2D eigenvalue weighted by Gasteiger charge is -2.40. The molecular weight excluding hydrogens is 316 g/mol. The van der Waals surface area contributed by atoms with Gasteiger partial charge in [-0.3, -0.25) is 9.59 Å². The zero-order valence-electron chi connectivity index (χ0n) is 15.2. The molecule has 1 saturated heterocycles. The van der Waals surface area contributed by atoms with Gasteiger partial charge in [-0.05, 0) is 32.3 Å². The molecule has 1 aromatic carbocycles. The molecule has 0 aromatic heterocycles. The molecule has 1 saturated carbocycles. The predicted octanol–water partition coefficient (Wildman–Crippen LogP) is 2.25. The van der Waals surface area contributed by atoms with E-state index in [-0.39, 0.29) is 24.0 Å². The third-order valence-electron chi connectivity index (χ3n) is 5.36. The van der Waals surface area contributed by atoms with E-state index in [1.165, 1.54) is 0 Å². The summed E-state index contributed by atoms with van der Waals surface area (Å²) in [7, 11) is 0. The number of benzene rings is 1. The van der Waals surface area contributed by atoms with Crippen LogP contribution in [0.4, 0.5) is 0 Å². The van der Waals surface area contributed by atoms with Gasteiger partial charge in [0.25, 0.3) is 0 Å². The van der Waals surface area contributed by atoms with E-state index >= 15 is 0 Å². The Morgan fingerprint density at radius 3 is 2.36 bits per heavy atom. The highest BCUT2D eigenvalue weighted by molar-refractivity contribution is 5.89. The molecule has 0 radical (unpaired) electrons. The Hall–Kier alpha value is -1.88. The Kier molecular flexibility index (Phi) is 5.42. The van der Waals surface area contributed by atoms with E-state index < -0.39 is 5.41 Å². The van der Waals surface area contributed by atoms with E-state index in [2.05, 4.69) is 5.32 Å². The maximum atomic E-state index is 12.8. The van der Waals surface area contributed by atoms with Crippen LogP contribution in [0.2, 0.25) is 0 Å². The molecule has 25 heavy (non-hydrogen) atoms. The largest absolute Gasteiger partial charge is 0.372 e. The van der Waals surface area contributed by atoms with Crippen molar-refractivity contribution in [2.75, 3.05) is 19.6 Å². The van der Waals surface area contributed by atoms with Crippen LogP contribution in [-0.4, -0.2) is 48.6 Å². The zero-order valence-corrected chi connectivity index (χ0v) is 15.2. The summed E-state index contributed by atoms with van der Waals surface area (Å²) < 4.78 is 5.66. The number of carbonyl (C=O) groups is 2. The highest BCUT2D eigenvalue weighted by Crippen LogP contribution is 2.43. The molecule has 136 valence electrons. The molecule has 0 spiro atoms. The van der Waals surface area contributed by atoms with Crippen molar-refractivity contribution in [3.8, 4) is 0 Å². The SMILES string of the molecule is C[C@@H]1CN(C(=O)CCNC(=O)C2(c3ccccc3)CCC2)C[C@H](C)O1. The average molecular weight is 344 g/mol. The predicted molar refractivity (Wildman–Crippen MR) is 96.2 cm³/mol. The highest BCUT2D eigenvalue weighted by atomic mass is 16.5. The normalized spacial score (nSPS) is 25.1. The third kappa shape index (κ3) is 3.87. The fourth-order valence-corrected chi connectivity index (χ4v) is 3.93. The van der Waals surface area contributed by atoms with Crippen molar-refractivity contribution in [2.24, 2.45) is 0 Å². The van der Waals surface area contributed by atoms with Crippen LogP contribution < -0.4 is 5.32 Å². The second kappa shape index (κ2) is 7.56. The minimum atomic E-state index is -0.397. The molecule has 3 rings (SSSR count). The molecule has 0 bridgehead atoms. The number of amides is 2. The monoisotopic (exact) mass is 344 g/mol. The number of ether oxygens (including phenoxy) is 1. The number of rotatable bonds is 5. The van der Waals surface area contributed by atoms with Gasteiger partial charge in [-0.2, -0.15) is 0 Å². The number of carbonyl (C=O) groups excluding carboxylic acids is 2. The quantitative estimate of drug-likeness (QED) is 0.891. The molecule has 5 nitrogen and oxygen atoms in total. The number of hydrogen-bond donors (Lipinski definition) is 1. The molecule has 5 heteroatoms. The maximum Gasteiger partial charge on any atom is 0.230 e. The van der Waals surface area contributed by atoms with E-state index in [0.717, 1.165) is 24.8 Å². The van der Waals surface area contributed by atoms with Crippen LogP contribution in [0.25, 0.3) is 0 Å². The number of nitrogens with zero attached hydrogens (tertiary/aromatic N) is 1. The summed E-state index contributed by atoms with van der Waals surface area (Å²) in [5.74, 6) is 0.145. The van der Waals surface area contributed by atoms with Crippen molar-refractivity contribution in [2.45, 2.75) is 57.2 Å². The fourth-order valence-electron chi connectivity index (χ4n) is 3.93. The molecule has 2 amide bonds. The second-order valence-electron chi connectivity index (χ2n) is 7.36. The Bertz CT molecular complexity index is 603. The molecule has 1 N–H and O–H groups in total. The minimum Gasteiger partial charge on any atom is -0.372 e. The van der Waals surface area contributed by atoms with Crippen molar-refractivity contribution >= 4 is 11.8 Å². The van der Waals surface area contributed by atoms with Crippen molar-refractivity contribution in [1.82, 2.24) is 10.2 Å². The number of hydrogen-bond acceptors (Lipinski definition) is 3. The van der Waals surface area contributed by atoms with Gasteiger partial charge < -0.3 is 15.0 Å². The lowest BCUT2D eigenvalue weighted by Crippen LogP contribution is -2.51. The first-order valence-corrected chi connectivity index (χ1v) is 9.28. The molecular formula is C20H28N2O3. The average Bonchev–Trinajstić information content (AvgIpc) is 2.54. The molecule has 2 fully saturated rings. The Morgan fingerprint density at radius 1 is 1.16 bits per heavy atom. The van der Waals surface area contributed by atoms with Gasteiger partial charge in [0.2, 0.25) is 11.8 Å². The topological polar surface area (TPSA) is 58.6 Å². The standard InChI is InChI=1S/C20H28N2O3/c1-15-13-22(14-16(2)25-15)18(23)9-12-21-19(24)20(10-6-11-20)17-7-4-3-5-8-17/h3-5,7-8,15-16H,6,9-14H2,1-2H3,(H,21,24)/t15-,16+. The Morgan fingerprint density at radius 2 is 1.80 bits per heavy atom. The lowest BCUT2D eigenvalue weighted by atomic mass is 9.64. The lowest BCUT2D eigenvalue weighted by molar-refractivity contribution is -0.143. The van der Waals surface area contributed by atoms with E-state index in [0.29, 0.717) is 26.1 Å². The van der Waals surface area contributed by atoms with E-state index in [4.69, 9.17) is 4.74 Å². The summed E-state index contributed by atoms with van der Waals surface area (Å²) in [6.07, 6.45) is 3.32. The van der Waals surface area contributed by atoms with Crippen LogP contribution in [0.3, 0.4) is 0 Å². The summed E-state index contributed by atoms with van der Waals surface area (Å²) in [6, 6.07) is 9.98. The third-order valence-corrected chi connectivity index (χ3v) is 5.36. The van der Waals surface area contributed by atoms with Crippen molar-refractivity contribution in [3.63, 3.8) is 0 Å². The van der Waals surface area contributed by atoms with Gasteiger partial charge in [-0.25, -0.2) is 0 Å². The second-order valence-corrected chi connectivity index (χ2v) is 7.36.